The first kappa shape index (κ1) is 25.1. The van der Waals surface area contributed by atoms with Gasteiger partial charge in [-0.2, -0.15) is 13.2 Å². The third-order valence-electron chi connectivity index (χ3n) is 6.97. The second kappa shape index (κ2) is 7.52. The molecule has 1 heterocycles. The number of amides is 1. The molecule has 14 heteroatoms. The van der Waals surface area contributed by atoms with E-state index in [2.05, 4.69) is 10.0 Å². The number of benzene rings is 1. The van der Waals surface area contributed by atoms with Gasteiger partial charge in [0.05, 0.1) is 33.4 Å². The Hall–Kier alpha value is -1.96. The predicted molar refractivity (Wildman–Crippen MR) is 113 cm³/mol. The zero-order valence-corrected chi connectivity index (χ0v) is 19.6. The zero-order valence-electron chi connectivity index (χ0n) is 18.0. The van der Waals surface area contributed by atoms with Gasteiger partial charge in [-0.15, -0.1) is 0 Å². The average molecular weight is 531 g/mol. The highest BCUT2D eigenvalue weighted by Gasteiger charge is 2.79. The number of carbonyl (C=O) groups is 1. The molecule has 1 saturated heterocycles. The first-order valence-electron chi connectivity index (χ1n) is 10.5. The van der Waals surface area contributed by atoms with Crippen LogP contribution in [0, 0.1) is 5.41 Å². The van der Waals surface area contributed by atoms with Gasteiger partial charge in [-0.25, -0.2) is 25.6 Å². The van der Waals surface area contributed by atoms with E-state index in [1.807, 2.05) is 0 Å². The van der Waals surface area contributed by atoms with Crippen LogP contribution in [-0.4, -0.2) is 51.2 Å². The lowest BCUT2D eigenvalue weighted by atomic mass is 9.39. The van der Waals surface area contributed by atoms with Crippen molar-refractivity contribution >= 4 is 31.5 Å². The molecule has 190 valence electrons. The third-order valence-corrected chi connectivity index (χ3v) is 10.5. The Balaban J connectivity index is 1.57. The molecule has 0 atom stereocenters. The van der Waals surface area contributed by atoms with E-state index in [0.717, 1.165) is 18.2 Å². The predicted octanol–water partition coefficient (Wildman–Crippen LogP) is 3.33. The summed E-state index contributed by atoms with van der Waals surface area (Å²) in [4.78, 5) is 12.9. The Morgan fingerprint density at radius 3 is 2.12 bits per heavy atom. The summed E-state index contributed by atoms with van der Waals surface area (Å²) in [5.74, 6) is -4.97. The van der Waals surface area contributed by atoms with Crippen LogP contribution in [0.4, 0.5) is 27.6 Å². The topological polar surface area (TPSA) is 109 Å². The molecule has 3 aliphatic carbocycles. The summed E-state index contributed by atoms with van der Waals surface area (Å²) in [6.45, 7) is 0.588. The largest absolute Gasteiger partial charge is 0.394 e. The molecule has 2 bridgehead atoms. The van der Waals surface area contributed by atoms with Crippen LogP contribution in [-0.2, 0) is 25.8 Å². The van der Waals surface area contributed by atoms with Crippen molar-refractivity contribution in [1.29, 1.82) is 0 Å². The molecule has 1 aliphatic heterocycles. The van der Waals surface area contributed by atoms with Crippen LogP contribution in [0.5, 0.6) is 0 Å². The summed E-state index contributed by atoms with van der Waals surface area (Å²) in [6, 6.07) is 2.75. The normalized spacial score (nSPS) is 29.0. The molecule has 2 N–H and O–H groups in total. The van der Waals surface area contributed by atoms with E-state index in [-0.39, 0.29) is 49.3 Å². The van der Waals surface area contributed by atoms with Crippen molar-refractivity contribution in [2.75, 3.05) is 16.2 Å². The number of halogens is 5. The van der Waals surface area contributed by atoms with Gasteiger partial charge < -0.3 is 5.32 Å². The van der Waals surface area contributed by atoms with Gasteiger partial charge in [0.2, 0.25) is 10.0 Å². The Kier molecular flexibility index (Phi) is 5.56. The summed E-state index contributed by atoms with van der Waals surface area (Å²) < 4.78 is 118. The van der Waals surface area contributed by atoms with Crippen LogP contribution >= 0.6 is 0 Å². The monoisotopic (exact) mass is 530 g/mol. The smallest absolute Gasteiger partial charge is 0.346 e. The van der Waals surface area contributed by atoms with Gasteiger partial charge in [0.15, 0.2) is 0 Å². The van der Waals surface area contributed by atoms with Crippen molar-refractivity contribution in [2.24, 2.45) is 5.41 Å². The van der Waals surface area contributed by atoms with Crippen LogP contribution in [0.25, 0.3) is 0 Å². The molecule has 34 heavy (non-hydrogen) atoms. The maximum Gasteiger partial charge on any atom is 0.394 e. The van der Waals surface area contributed by atoms with E-state index >= 15 is 0 Å². The third kappa shape index (κ3) is 4.38. The highest BCUT2D eigenvalue weighted by Crippen LogP contribution is 2.73. The zero-order chi connectivity index (χ0) is 25.4. The number of rotatable bonds is 6. The molecule has 3 saturated carbocycles. The first-order chi connectivity index (χ1) is 15.4. The fraction of sp³-hybridized carbons (Fsp3) is 0.650. The second-order valence-corrected chi connectivity index (χ2v) is 14.0. The SMILES string of the molecule is CC(F)(F)c1ccc(NS(=O)(=O)C2CCS(=O)(=O)CC2)c(C(=O)NC23CC(C(F)(F)F)(C2)C3)c1. The van der Waals surface area contributed by atoms with E-state index in [1.165, 1.54) is 0 Å². The van der Waals surface area contributed by atoms with E-state index in [0.29, 0.717) is 6.92 Å². The molecule has 1 aromatic rings. The van der Waals surface area contributed by atoms with Gasteiger partial charge in [0, 0.05) is 18.0 Å². The van der Waals surface area contributed by atoms with Crippen LogP contribution in [0.2, 0.25) is 0 Å². The lowest BCUT2D eigenvalue weighted by Gasteiger charge is -2.70. The molecule has 0 aromatic heterocycles. The number of sulfonamides is 1. The molecule has 5 rings (SSSR count). The molecule has 1 amide bonds. The van der Waals surface area contributed by atoms with Gasteiger partial charge >= 0.3 is 6.18 Å². The van der Waals surface area contributed by atoms with Crippen molar-refractivity contribution in [3.8, 4) is 0 Å². The Morgan fingerprint density at radius 1 is 1.06 bits per heavy atom. The maximum atomic E-state index is 13.9. The van der Waals surface area contributed by atoms with E-state index in [4.69, 9.17) is 0 Å². The number of hydrogen-bond donors (Lipinski definition) is 2. The number of nitrogens with one attached hydrogen (secondary N) is 2. The number of hydrogen-bond acceptors (Lipinski definition) is 5. The van der Waals surface area contributed by atoms with Gasteiger partial charge in [0.25, 0.3) is 11.8 Å². The Bertz CT molecular complexity index is 1210. The lowest BCUT2D eigenvalue weighted by Crippen LogP contribution is -2.78. The minimum Gasteiger partial charge on any atom is -0.346 e. The van der Waals surface area contributed by atoms with Crippen LogP contribution in [0.1, 0.15) is 54.9 Å². The summed E-state index contributed by atoms with van der Waals surface area (Å²) in [5.41, 5.74) is -4.28. The van der Waals surface area contributed by atoms with Gasteiger partial charge in [0.1, 0.15) is 9.84 Å². The van der Waals surface area contributed by atoms with E-state index in [9.17, 15) is 43.6 Å². The Morgan fingerprint density at radius 2 is 1.62 bits per heavy atom. The molecule has 0 spiro atoms. The molecule has 4 fully saturated rings. The lowest BCUT2D eigenvalue weighted by molar-refractivity contribution is -0.336. The summed E-state index contributed by atoms with van der Waals surface area (Å²) in [7, 11) is -7.52. The molecular formula is C20H23F5N2O5S2. The number of carbonyl (C=O) groups excluding carboxylic acids is 1. The Labute approximate surface area is 193 Å². The molecule has 4 aliphatic rings. The van der Waals surface area contributed by atoms with Gasteiger partial charge in [-0.3, -0.25) is 9.52 Å². The van der Waals surface area contributed by atoms with E-state index < -0.39 is 65.2 Å². The molecular weight excluding hydrogens is 507 g/mol. The molecule has 1 aromatic carbocycles. The van der Waals surface area contributed by atoms with Crippen molar-refractivity contribution in [1.82, 2.24) is 5.32 Å². The summed E-state index contributed by atoms with van der Waals surface area (Å²) in [6.07, 6.45) is -5.69. The first-order valence-corrected chi connectivity index (χ1v) is 13.9. The standard InChI is InChI=1S/C20H23F5N2O5S2/c1-17(21,22)12-2-3-15(27-34(31,32)13-4-6-33(29,30)7-5-13)14(8-12)16(28)26-19-9-18(10-19,11-19)20(23,24)25/h2-3,8,13,27H,4-7,9-11H2,1H3,(H,26,28). The van der Waals surface area contributed by atoms with Crippen LogP contribution in [0.3, 0.4) is 0 Å². The van der Waals surface area contributed by atoms with Gasteiger partial charge in [-0.05, 0) is 44.2 Å². The number of anilines is 1. The minimum atomic E-state index is -4.40. The van der Waals surface area contributed by atoms with E-state index in [1.54, 1.807) is 0 Å². The van der Waals surface area contributed by atoms with Crippen molar-refractivity contribution in [3.63, 3.8) is 0 Å². The highest BCUT2D eigenvalue weighted by atomic mass is 32.2. The molecule has 0 unspecified atom stereocenters. The second-order valence-electron chi connectivity index (χ2n) is 9.69. The van der Waals surface area contributed by atoms with Crippen LogP contribution in [0.15, 0.2) is 18.2 Å². The van der Waals surface area contributed by atoms with Crippen molar-refractivity contribution in [2.45, 2.75) is 61.9 Å². The van der Waals surface area contributed by atoms with Gasteiger partial charge in [-0.1, -0.05) is 6.07 Å². The highest BCUT2D eigenvalue weighted by molar-refractivity contribution is 7.94. The molecule has 0 radical (unpaired) electrons. The fourth-order valence-corrected chi connectivity index (χ4v) is 8.34. The minimum absolute atomic E-state index is 0.160. The van der Waals surface area contributed by atoms with Crippen molar-refractivity contribution in [3.05, 3.63) is 29.3 Å². The van der Waals surface area contributed by atoms with Crippen molar-refractivity contribution < 1.29 is 43.6 Å². The summed E-state index contributed by atoms with van der Waals surface area (Å²) in [5, 5.41) is 1.40. The average Bonchev–Trinajstić information content (AvgIpc) is 2.60. The summed E-state index contributed by atoms with van der Waals surface area (Å²) >= 11 is 0. The fourth-order valence-electron chi connectivity index (χ4n) is 5.04. The number of sulfone groups is 1. The maximum absolute atomic E-state index is 13.9. The number of alkyl halides is 5. The molecule has 7 nitrogen and oxygen atoms in total. The quantitative estimate of drug-likeness (QED) is 0.549. The van der Waals surface area contributed by atoms with Crippen LogP contribution < -0.4 is 10.0 Å².